The molecule has 1 aromatic carbocycles. The van der Waals surface area contributed by atoms with Crippen LogP contribution in [0, 0.1) is 0 Å². The van der Waals surface area contributed by atoms with E-state index in [9.17, 15) is 22.8 Å². The maximum atomic E-state index is 12.7. The number of rotatable bonds is 6. The zero-order chi connectivity index (χ0) is 21.9. The van der Waals surface area contributed by atoms with Gasteiger partial charge in [0.1, 0.15) is 23.7 Å². The fourth-order valence-corrected chi connectivity index (χ4v) is 3.45. The lowest BCUT2D eigenvalue weighted by Gasteiger charge is -2.32. The highest BCUT2D eigenvalue weighted by atomic mass is 19.4. The highest BCUT2D eigenvalue weighted by Gasteiger charge is 2.41. The number of carbonyl (C=O) groups excluding carboxylic acids is 2. The van der Waals surface area contributed by atoms with Gasteiger partial charge in [-0.1, -0.05) is 12.1 Å². The summed E-state index contributed by atoms with van der Waals surface area (Å²) in [5.74, 6) is -2.20. The van der Waals surface area contributed by atoms with Crippen molar-refractivity contribution in [2.75, 3.05) is 20.3 Å². The minimum Gasteiger partial charge on any atom is -0.460 e. The molecule has 2 aliphatic rings. The number of methoxy groups -OCH3 is 1. The molecule has 1 aromatic rings. The number of carbonyl (C=O) groups is 2. The molecule has 0 radical (unpaired) electrons. The van der Waals surface area contributed by atoms with Gasteiger partial charge < -0.3 is 24.7 Å². The van der Waals surface area contributed by atoms with E-state index in [1.165, 1.54) is 19.2 Å². The summed E-state index contributed by atoms with van der Waals surface area (Å²) >= 11 is 0. The highest BCUT2D eigenvalue weighted by Crippen LogP contribution is 2.44. The number of hydrogen-bond donors (Lipinski definition) is 1. The number of Topliss-reactive ketones (excluding diaryl/α,β-unsaturated/α-hetero) is 1. The van der Waals surface area contributed by atoms with Gasteiger partial charge in [0, 0.05) is 25.5 Å². The number of ether oxygens (including phenoxy) is 4. The lowest BCUT2D eigenvalue weighted by atomic mass is 9.77. The smallest absolute Gasteiger partial charge is 0.460 e. The number of benzene rings is 1. The Labute approximate surface area is 170 Å². The lowest BCUT2D eigenvalue weighted by molar-refractivity contribution is -0.274. The molecule has 2 N–H and O–H groups in total. The van der Waals surface area contributed by atoms with Gasteiger partial charge in [-0.15, -0.1) is 13.2 Å². The molecule has 10 heteroatoms. The Hall–Kier alpha value is -3.01. The van der Waals surface area contributed by atoms with E-state index in [0.717, 1.165) is 12.1 Å². The second kappa shape index (κ2) is 8.78. The van der Waals surface area contributed by atoms with Gasteiger partial charge in [-0.3, -0.25) is 4.79 Å². The Morgan fingerprint density at radius 3 is 2.53 bits per heavy atom. The summed E-state index contributed by atoms with van der Waals surface area (Å²) in [5, 5.41) is 0. The summed E-state index contributed by atoms with van der Waals surface area (Å²) in [5.41, 5.74) is 6.55. The van der Waals surface area contributed by atoms with Gasteiger partial charge in [0.25, 0.3) is 0 Å². The van der Waals surface area contributed by atoms with Crippen molar-refractivity contribution in [3.63, 3.8) is 0 Å². The molecular formula is C20H20F3NO6. The largest absolute Gasteiger partial charge is 0.573 e. The van der Waals surface area contributed by atoms with Gasteiger partial charge in [0.05, 0.1) is 12.5 Å². The molecule has 1 aliphatic carbocycles. The Kier molecular flexibility index (Phi) is 6.35. The number of nitrogens with two attached hydrogens (primary N) is 1. The summed E-state index contributed by atoms with van der Waals surface area (Å²) in [6.07, 6.45) is -3.54. The van der Waals surface area contributed by atoms with Gasteiger partial charge in [-0.25, -0.2) is 4.79 Å². The van der Waals surface area contributed by atoms with Crippen LogP contribution in [0.15, 0.2) is 47.1 Å². The lowest BCUT2D eigenvalue weighted by Crippen LogP contribution is -2.31. The molecule has 0 aromatic heterocycles. The van der Waals surface area contributed by atoms with E-state index in [-0.39, 0.29) is 42.4 Å². The predicted molar refractivity (Wildman–Crippen MR) is 96.9 cm³/mol. The fourth-order valence-electron chi connectivity index (χ4n) is 3.45. The zero-order valence-corrected chi connectivity index (χ0v) is 16.1. The molecule has 1 unspecified atom stereocenters. The van der Waals surface area contributed by atoms with Crippen molar-refractivity contribution in [2.24, 2.45) is 5.73 Å². The van der Waals surface area contributed by atoms with Gasteiger partial charge in [0.2, 0.25) is 5.88 Å². The average molecular weight is 427 g/mol. The number of halogens is 3. The minimum absolute atomic E-state index is 0.0446. The number of allylic oxidation sites excluding steroid dienone is 2. The second-order valence-electron chi connectivity index (χ2n) is 6.67. The number of esters is 1. The van der Waals surface area contributed by atoms with Crippen molar-refractivity contribution in [3.8, 4) is 5.75 Å². The fraction of sp³-hybridized carbons (Fsp3) is 0.400. The van der Waals surface area contributed by atoms with Gasteiger partial charge in [-0.2, -0.15) is 0 Å². The van der Waals surface area contributed by atoms with Crippen molar-refractivity contribution in [1.29, 1.82) is 0 Å². The van der Waals surface area contributed by atoms with E-state index in [4.69, 9.17) is 19.9 Å². The minimum atomic E-state index is -4.84. The Balaban J connectivity index is 2.00. The van der Waals surface area contributed by atoms with Crippen molar-refractivity contribution >= 4 is 11.8 Å². The normalized spacial score (nSPS) is 19.3. The molecule has 0 spiro atoms. The van der Waals surface area contributed by atoms with Crippen LogP contribution in [0.2, 0.25) is 0 Å². The molecule has 3 rings (SSSR count). The SMILES string of the molecule is COCCOC(=O)C1=C(N)OC2=C(C(=O)CCC2)C1c1ccc(OC(F)(F)F)cc1. The standard InChI is InChI=1S/C20H20F3NO6/c1-27-9-10-28-19(26)17-15(11-5-7-12(8-6-11)30-20(21,22)23)16-13(25)3-2-4-14(16)29-18(17)24/h5-8,15H,2-4,9-10,24H2,1H3. The molecule has 0 saturated heterocycles. The van der Waals surface area contributed by atoms with Crippen LogP contribution in [-0.2, 0) is 23.8 Å². The molecule has 1 aliphatic heterocycles. The van der Waals surface area contributed by atoms with Gasteiger partial charge >= 0.3 is 12.3 Å². The molecular weight excluding hydrogens is 407 g/mol. The Morgan fingerprint density at radius 1 is 1.20 bits per heavy atom. The summed E-state index contributed by atoms with van der Waals surface area (Å²) in [4.78, 5) is 25.4. The molecule has 162 valence electrons. The second-order valence-corrected chi connectivity index (χ2v) is 6.67. The first-order valence-electron chi connectivity index (χ1n) is 9.16. The van der Waals surface area contributed by atoms with Gasteiger partial charge in [0.15, 0.2) is 5.78 Å². The van der Waals surface area contributed by atoms with E-state index in [2.05, 4.69) is 4.74 Å². The first kappa shape index (κ1) is 21.7. The number of hydrogen-bond acceptors (Lipinski definition) is 7. The van der Waals surface area contributed by atoms with Crippen molar-refractivity contribution in [1.82, 2.24) is 0 Å². The summed E-state index contributed by atoms with van der Waals surface area (Å²) in [7, 11) is 1.44. The van der Waals surface area contributed by atoms with E-state index in [0.29, 0.717) is 24.2 Å². The highest BCUT2D eigenvalue weighted by molar-refractivity contribution is 6.03. The molecule has 0 amide bonds. The van der Waals surface area contributed by atoms with E-state index < -0.39 is 24.0 Å². The third kappa shape index (κ3) is 4.76. The predicted octanol–water partition coefficient (Wildman–Crippen LogP) is 3.07. The molecule has 30 heavy (non-hydrogen) atoms. The monoisotopic (exact) mass is 427 g/mol. The average Bonchev–Trinajstić information content (AvgIpc) is 2.66. The number of ketones is 1. The molecule has 1 heterocycles. The molecule has 0 fully saturated rings. The first-order chi connectivity index (χ1) is 14.2. The van der Waals surface area contributed by atoms with Crippen LogP contribution in [0.1, 0.15) is 30.7 Å². The van der Waals surface area contributed by atoms with E-state index in [1.807, 2.05) is 0 Å². The van der Waals surface area contributed by atoms with Crippen molar-refractivity contribution in [2.45, 2.75) is 31.5 Å². The van der Waals surface area contributed by atoms with Crippen LogP contribution in [-0.4, -0.2) is 38.4 Å². The Bertz CT molecular complexity index is 889. The van der Waals surface area contributed by atoms with Crippen LogP contribution in [0.4, 0.5) is 13.2 Å². The maximum Gasteiger partial charge on any atom is 0.573 e. The third-order valence-corrected chi connectivity index (χ3v) is 4.67. The third-order valence-electron chi connectivity index (χ3n) is 4.67. The van der Waals surface area contributed by atoms with Crippen LogP contribution in [0.5, 0.6) is 5.75 Å². The summed E-state index contributed by atoms with van der Waals surface area (Å²) in [6.45, 7) is 0.109. The maximum absolute atomic E-state index is 12.7. The molecule has 0 bridgehead atoms. The molecule has 0 saturated carbocycles. The van der Waals surface area contributed by atoms with Crippen LogP contribution in [0.25, 0.3) is 0 Å². The van der Waals surface area contributed by atoms with Crippen LogP contribution < -0.4 is 10.5 Å². The first-order valence-corrected chi connectivity index (χ1v) is 9.16. The molecule has 7 nitrogen and oxygen atoms in total. The van der Waals surface area contributed by atoms with Crippen LogP contribution >= 0.6 is 0 Å². The topological polar surface area (TPSA) is 97.1 Å². The summed E-state index contributed by atoms with van der Waals surface area (Å²) < 4.78 is 56.8. The van der Waals surface area contributed by atoms with E-state index in [1.54, 1.807) is 0 Å². The van der Waals surface area contributed by atoms with E-state index >= 15 is 0 Å². The van der Waals surface area contributed by atoms with Crippen molar-refractivity contribution in [3.05, 3.63) is 52.6 Å². The van der Waals surface area contributed by atoms with Crippen molar-refractivity contribution < 1.29 is 41.7 Å². The van der Waals surface area contributed by atoms with Gasteiger partial charge in [-0.05, 0) is 24.1 Å². The Morgan fingerprint density at radius 2 is 1.90 bits per heavy atom. The quantitative estimate of drug-likeness (QED) is 0.551. The summed E-state index contributed by atoms with van der Waals surface area (Å²) in [6, 6.07) is 4.91. The van der Waals surface area contributed by atoms with Crippen LogP contribution in [0.3, 0.4) is 0 Å². The number of alkyl halides is 3. The molecule has 1 atom stereocenters. The zero-order valence-electron chi connectivity index (χ0n) is 16.1.